The van der Waals surface area contributed by atoms with E-state index in [0.29, 0.717) is 12.1 Å². The van der Waals surface area contributed by atoms with Gasteiger partial charge in [0.2, 0.25) is 0 Å². The Labute approximate surface area is 88.1 Å². The normalized spacial score (nSPS) is 30.3. The van der Waals surface area contributed by atoms with Crippen molar-refractivity contribution in [1.82, 2.24) is 10.3 Å². The molecular formula is C10H15N3S. The molecule has 1 aromatic rings. The molecule has 2 aliphatic rings. The maximum absolute atomic E-state index is 4.63. The molecule has 0 aromatic carbocycles. The molecule has 2 saturated heterocycles. The Morgan fingerprint density at radius 3 is 2.86 bits per heavy atom. The highest BCUT2D eigenvalue weighted by molar-refractivity contribution is 7.15. The second kappa shape index (κ2) is 2.94. The predicted octanol–water partition coefficient (Wildman–Crippen LogP) is 1.31. The van der Waals surface area contributed by atoms with Crippen LogP contribution in [0.3, 0.4) is 0 Å². The highest BCUT2D eigenvalue weighted by Crippen LogP contribution is 2.33. The maximum atomic E-state index is 4.63. The molecule has 2 fully saturated rings. The molecule has 14 heavy (non-hydrogen) atoms. The smallest absolute Gasteiger partial charge is 0.186 e. The molecule has 0 spiro atoms. The monoisotopic (exact) mass is 209 g/mol. The quantitative estimate of drug-likeness (QED) is 0.756. The van der Waals surface area contributed by atoms with Crippen molar-refractivity contribution >= 4 is 16.5 Å². The van der Waals surface area contributed by atoms with Gasteiger partial charge in [-0.2, -0.15) is 0 Å². The number of fused-ring (bicyclic) bond motifs is 2. The van der Waals surface area contributed by atoms with Crippen LogP contribution in [0.15, 0.2) is 0 Å². The Balaban J connectivity index is 1.89. The van der Waals surface area contributed by atoms with E-state index < -0.39 is 0 Å². The Bertz CT molecular complexity index is 341. The zero-order valence-electron chi connectivity index (χ0n) is 8.58. The molecule has 0 radical (unpaired) electrons. The molecule has 2 aliphatic heterocycles. The van der Waals surface area contributed by atoms with Crippen LogP contribution >= 0.6 is 11.3 Å². The van der Waals surface area contributed by atoms with Crippen LogP contribution in [0, 0.1) is 13.8 Å². The van der Waals surface area contributed by atoms with Gasteiger partial charge in [-0.3, -0.25) is 0 Å². The Hall–Kier alpha value is -0.610. The Morgan fingerprint density at radius 2 is 2.36 bits per heavy atom. The molecule has 0 saturated carbocycles. The number of nitrogens with zero attached hydrogens (tertiary/aromatic N) is 2. The standard InChI is InChI=1S/C10H15N3S/c1-6-7(2)14-10(12-6)13-5-8-3-9(13)4-11-8/h8-9,11H,3-5H2,1-2H3. The first-order valence-corrected chi connectivity index (χ1v) is 6.00. The molecule has 0 aliphatic carbocycles. The lowest BCUT2D eigenvalue weighted by Gasteiger charge is -2.26. The van der Waals surface area contributed by atoms with E-state index in [2.05, 4.69) is 29.0 Å². The van der Waals surface area contributed by atoms with Crippen molar-refractivity contribution in [2.75, 3.05) is 18.0 Å². The number of nitrogens with one attached hydrogen (secondary N) is 1. The van der Waals surface area contributed by atoms with E-state index in [-0.39, 0.29) is 0 Å². The van der Waals surface area contributed by atoms with Crippen molar-refractivity contribution in [1.29, 1.82) is 0 Å². The third-order valence-electron chi connectivity index (χ3n) is 3.32. The van der Waals surface area contributed by atoms with Gasteiger partial charge in [0.1, 0.15) is 0 Å². The highest BCUT2D eigenvalue weighted by atomic mass is 32.1. The van der Waals surface area contributed by atoms with Gasteiger partial charge in [0.15, 0.2) is 5.13 Å². The zero-order valence-corrected chi connectivity index (χ0v) is 9.40. The summed E-state index contributed by atoms with van der Waals surface area (Å²) in [6, 6.07) is 1.41. The summed E-state index contributed by atoms with van der Waals surface area (Å²) in [6.07, 6.45) is 1.30. The lowest BCUT2D eigenvalue weighted by Crippen LogP contribution is -2.43. The van der Waals surface area contributed by atoms with Crippen LogP contribution in [-0.2, 0) is 0 Å². The van der Waals surface area contributed by atoms with Gasteiger partial charge in [-0.25, -0.2) is 4.98 Å². The average Bonchev–Trinajstić information content (AvgIpc) is 2.82. The largest absolute Gasteiger partial charge is 0.342 e. The van der Waals surface area contributed by atoms with Gasteiger partial charge >= 0.3 is 0 Å². The molecule has 3 rings (SSSR count). The summed E-state index contributed by atoms with van der Waals surface area (Å²) < 4.78 is 0. The number of thiazole rings is 1. The van der Waals surface area contributed by atoms with E-state index in [0.717, 1.165) is 13.1 Å². The summed E-state index contributed by atoms with van der Waals surface area (Å²) in [5, 5.41) is 4.74. The third kappa shape index (κ3) is 1.17. The predicted molar refractivity (Wildman–Crippen MR) is 59.1 cm³/mol. The lowest BCUT2D eigenvalue weighted by molar-refractivity contribution is 0.579. The molecule has 1 N–H and O–H groups in total. The fourth-order valence-electron chi connectivity index (χ4n) is 2.37. The lowest BCUT2D eigenvalue weighted by atomic mass is 10.2. The van der Waals surface area contributed by atoms with Crippen molar-refractivity contribution in [2.45, 2.75) is 32.4 Å². The van der Waals surface area contributed by atoms with Crippen molar-refractivity contribution in [2.24, 2.45) is 0 Å². The molecule has 2 bridgehead atoms. The molecule has 1 aromatic heterocycles. The van der Waals surface area contributed by atoms with E-state index in [1.807, 2.05) is 11.3 Å². The molecule has 2 atom stereocenters. The van der Waals surface area contributed by atoms with Crippen LogP contribution < -0.4 is 10.2 Å². The zero-order chi connectivity index (χ0) is 9.71. The molecule has 76 valence electrons. The van der Waals surface area contributed by atoms with Gasteiger partial charge in [-0.05, 0) is 20.3 Å². The summed E-state index contributed by atoms with van der Waals surface area (Å²) in [7, 11) is 0. The SMILES string of the molecule is Cc1nc(N2CC3CC2CN3)sc1C. The van der Waals surface area contributed by atoms with E-state index in [1.165, 1.54) is 22.1 Å². The number of aromatic nitrogens is 1. The minimum atomic E-state index is 0.699. The van der Waals surface area contributed by atoms with E-state index >= 15 is 0 Å². The van der Waals surface area contributed by atoms with Crippen molar-refractivity contribution < 1.29 is 0 Å². The third-order valence-corrected chi connectivity index (χ3v) is 4.43. The molecule has 2 unspecified atom stereocenters. The number of hydrogen-bond acceptors (Lipinski definition) is 4. The van der Waals surface area contributed by atoms with Gasteiger partial charge in [0, 0.05) is 30.1 Å². The molecule has 4 heteroatoms. The fraction of sp³-hybridized carbons (Fsp3) is 0.700. The van der Waals surface area contributed by atoms with Crippen molar-refractivity contribution in [3.05, 3.63) is 10.6 Å². The molecule has 3 nitrogen and oxygen atoms in total. The minimum Gasteiger partial charge on any atom is -0.342 e. The average molecular weight is 209 g/mol. The van der Waals surface area contributed by atoms with Crippen LogP contribution in [0.4, 0.5) is 5.13 Å². The Morgan fingerprint density at radius 1 is 1.50 bits per heavy atom. The number of anilines is 1. The first-order chi connectivity index (χ1) is 6.74. The fourth-order valence-corrected chi connectivity index (χ4v) is 3.36. The minimum absolute atomic E-state index is 0.699. The number of hydrogen-bond donors (Lipinski definition) is 1. The topological polar surface area (TPSA) is 28.2 Å². The summed E-state index contributed by atoms with van der Waals surface area (Å²) in [5.74, 6) is 0. The van der Waals surface area contributed by atoms with Crippen molar-refractivity contribution in [3.8, 4) is 0 Å². The second-order valence-electron chi connectivity index (χ2n) is 4.29. The number of piperazine rings is 1. The molecular weight excluding hydrogens is 194 g/mol. The van der Waals surface area contributed by atoms with Gasteiger partial charge in [-0.1, -0.05) is 0 Å². The first-order valence-electron chi connectivity index (χ1n) is 5.18. The highest BCUT2D eigenvalue weighted by Gasteiger charge is 2.38. The van der Waals surface area contributed by atoms with Gasteiger partial charge in [-0.15, -0.1) is 11.3 Å². The van der Waals surface area contributed by atoms with Crippen LogP contribution in [0.2, 0.25) is 0 Å². The maximum Gasteiger partial charge on any atom is 0.186 e. The molecule has 3 heterocycles. The van der Waals surface area contributed by atoms with Gasteiger partial charge in [0.05, 0.1) is 5.69 Å². The number of rotatable bonds is 1. The first kappa shape index (κ1) is 8.68. The van der Waals surface area contributed by atoms with Crippen molar-refractivity contribution in [3.63, 3.8) is 0 Å². The van der Waals surface area contributed by atoms with E-state index in [9.17, 15) is 0 Å². The Kier molecular flexibility index (Phi) is 1.82. The van der Waals surface area contributed by atoms with E-state index in [4.69, 9.17) is 0 Å². The summed E-state index contributed by atoms with van der Waals surface area (Å²) in [4.78, 5) is 8.46. The van der Waals surface area contributed by atoms with E-state index in [1.54, 1.807) is 0 Å². The summed E-state index contributed by atoms with van der Waals surface area (Å²) in [5.41, 5.74) is 1.20. The van der Waals surface area contributed by atoms with Crippen LogP contribution in [-0.4, -0.2) is 30.2 Å². The summed E-state index contributed by atoms with van der Waals surface area (Å²) in [6.45, 7) is 6.55. The van der Waals surface area contributed by atoms with Gasteiger partial charge in [0.25, 0.3) is 0 Å². The summed E-state index contributed by atoms with van der Waals surface area (Å²) >= 11 is 1.84. The van der Waals surface area contributed by atoms with Crippen LogP contribution in [0.25, 0.3) is 0 Å². The van der Waals surface area contributed by atoms with Crippen LogP contribution in [0.5, 0.6) is 0 Å². The van der Waals surface area contributed by atoms with Gasteiger partial charge < -0.3 is 10.2 Å². The van der Waals surface area contributed by atoms with Crippen LogP contribution in [0.1, 0.15) is 17.0 Å². The second-order valence-corrected chi connectivity index (χ2v) is 5.47. The molecule has 0 amide bonds. The number of aryl methyl sites for hydroxylation is 2.